The van der Waals surface area contributed by atoms with Crippen LogP contribution in [0.3, 0.4) is 0 Å². The molecule has 1 aliphatic rings. The molecular formula is C28H26F3N5O4. The molecule has 3 atom stereocenters. The Balaban J connectivity index is 2.12. The molecule has 9 nitrogen and oxygen atoms in total. The summed E-state index contributed by atoms with van der Waals surface area (Å²) < 4.78 is 45.2. The summed E-state index contributed by atoms with van der Waals surface area (Å²) in [4.78, 5) is 40.9. The van der Waals surface area contributed by atoms with Crippen molar-refractivity contribution in [2.75, 3.05) is 25.2 Å². The molecule has 2 aromatic carbocycles. The van der Waals surface area contributed by atoms with Crippen LogP contribution in [0, 0.1) is 28.6 Å². The number of carbonyl (C=O) groups is 3. The van der Waals surface area contributed by atoms with Crippen LogP contribution in [0.5, 0.6) is 0 Å². The third-order valence-corrected chi connectivity index (χ3v) is 6.45. The summed E-state index contributed by atoms with van der Waals surface area (Å²) in [7, 11) is 1.45. The zero-order valence-corrected chi connectivity index (χ0v) is 21.9. The van der Waals surface area contributed by atoms with Gasteiger partial charge in [-0.2, -0.15) is 23.7 Å². The summed E-state index contributed by atoms with van der Waals surface area (Å²) in [5.41, 5.74) is -0.496. The van der Waals surface area contributed by atoms with Gasteiger partial charge >= 0.3 is 6.18 Å². The van der Waals surface area contributed by atoms with E-state index >= 15 is 0 Å². The van der Waals surface area contributed by atoms with Crippen molar-refractivity contribution in [3.63, 3.8) is 0 Å². The lowest BCUT2D eigenvalue weighted by molar-refractivity contribution is -0.138. The van der Waals surface area contributed by atoms with Crippen LogP contribution < -0.4 is 15.5 Å². The van der Waals surface area contributed by atoms with Crippen molar-refractivity contribution in [3.8, 4) is 12.1 Å². The maximum absolute atomic E-state index is 13.9. The standard InChI is InChI=1S/C28H26F3N5O4/c1-16(25(37)34-11-12-40-3)35-26(38)24-23(19-9-7-18(14-32)8-10-19)22(15-33)17(2)36(27(24)39)21-6-4-5-20(13-21)28(29,30)31/h4-10,13,16,23-24H,11-12H2,1-3H3,(H,34,37)(H,35,38)/t16-,23?,24?/m0/s1. The molecule has 3 amide bonds. The number of ether oxygens (including phenoxy) is 1. The average molecular weight is 554 g/mol. The van der Waals surface area contributed by atoms with E-state index in [-0.39, 0.29) is 30.1 Å². The number of anilines is 1. The van der Waals surface area contributed by atoms with Gasteiger partial charge in [0.15, 0.2) is 0 Å². The molecule has 0 fully saturated rings. The smallest absolute Gasteiger partial charge is 0.383 e. The van der Waals surface area contributed by atoms with Crippen molar-refractivity contribution in [1.29, 1.82) is 10.5 Å². The molecule has 2 aromatic rings. The predicted molar refractivity (Wildman–Crippen MR) is 137 cm³/mol. The van der Waals surface area contributed by atoms with E-state index in [2.05, 4.69) is 10.6 Å². The molecule has 0 aliphatic carbocycles. The number of benzene rings is 2. The molecule has 0 saturated carbocycles. The van der Waals surface area contributed by atoms with Crippen molar-refractivity contribution in [3.05, 3.63) is 76.5 Å². The fraction of sp³-hybridized carbons (Fsp3) is 0.321. The summed E-state index contributed by atoms with van der Waals surface area (Å²) in [6.07, 6.45) is -4.70. The first kappa shape index (κ1) is 29.9. The van der Waals surface area contributed by atoms with Gasteiger partial charge in [0.2, 0.25) is 17.7 Å². The van der Waals surface area contributed by atoms with E-state index in [9.17, 15) is 32.8 Å². The highest BCUT2D eigenvalue weighted by Crippen LogP contribution is 2.43. The first-order valence-corrected chi connectivity index (χ1v) is 12.1. The molecule has 1 aliphatic heterocycles. The van der Waals surface area contributed by atoms with Crippen LogP contribution in [0.15, 0.2) is 59.8 Å². The van der Waals surface area contributed by atoms with Gasteiger partial charge in [-0.3, -0.25) is 19.3 Å². The fourth-order valence-electron chi connectivity index (χ4n) is 4.44. The van der Waals surface area contributed by atoms with Crippen molar-refractivity contribution in [2.24, 2.45) is 5.92 Å². The molecule has 0 radical (unpaired) electrons. The van der Waals surface area contributed by atoms with Crippen molar-refractivity contribution in [2.45, 2.75) is 32.0 Å². The lowest BCUT2D eigenvalue weighted by atomic mass is 9.75. The van der Waals surface area contributed by atoms with Crippen LogP contribution in [0.4, 0.5) is 18.9 Å². The van der Waals surface area contributed by atoms with Gasteiger partial charge in [-0.25, -0.2) is 0 Å². The van der Waals surface area contributed by atoms with Gasteiger partial charge in [0, 0.05) is 31.0 Å². The maximum atomic E-state index is 13.9. The second-order valence-corrected chi connectivity index (χ2v) is 9.04. The number of methoxy groups -OCH3 is 1. The van der Waals surface area contributed by atoms with Gasteiger partial charge in [-0.05, 0) is 49.7 Å². The molecule has 1 heterocycles. The fourth-order valence-corrected chi connectivity index (χ4v) is 4.44. The Kier molecular flexibility index (Phi) is 9.30. The minimum Gasteiger partial charge on any atom is -0.383 e. The maximum Gasteiger partial charge on any atom is 0.416 e. The second kappa shape index (κ2) is 12.5. The van der Waals surface area contributed by atoms with Gasteiger partial charge in [0.1, 0.15) is 12.0 Å². The van der Waals surface area contributed by atoms with Gasteiger partial charge in [0.25, 0.3) is 0 Å². The van der Waals surface area contributed by atoms with Crippen LogP contribution in [-0.2, 0) is 25.3 Å². The number of hydrogen-bond donors (Lipinski definition) is 2. The molecule has 2 unspecified atom stereocenters. The number of rotatable bonds is 8. The van der Waals surface area contributed by atoms with Gasteiger partial charge in [-0.1, -0.05) is 18.2 Å². The average Bonchev–Trinajstić information content (AvgIpc) is 2.92. The Bertz CT molecular complexity index is 1410. The van der Waals surface area contributed by atoms with Crippen LogP contribution in [0.25, 0.3) is 0 Å². The molecule has 2 N–H and O–H groups in total. The minimum absolute atomic E-state index is 0.0286. The number of amides is 3. The summed E-state index contributed by atoms with van der Waals surface area (Å²) in [5, 5.41) is 24.4. The third-order valence-electron chi connectivity index (χ3n) is 6.45. The summed E-state index contributed by atoms with van der Waals surface area (Å²) in [6, 6.07) is 12.8. The molecular weight excluding hydrogens is 527 g/mol. The number of hydrogen-bond acceptors (Lipinski definition) is 6. The van der Waals surface area contributed by atoms with Gasteiger partial charge < -0.3 is 15.4 Å². The second-order valence-electron chi connectivity index (χ2n) is 9.04. The van der Waals surface area contributed by atoms with Crippen molar-refractivity contribution >= 4 is 23.4 Å². The Morgan fingerprint density at radius 2 is 1.80 bits per heavy atom. The first-order chi connectivity index (χ1) is 18.9. The quantitative estimate of drug-likeness (QED) is 0.380. The van der Waals surface area contributed by atoms with E-state index < -0.39 is 47.3 Å². The Hall–Kier alpha value is -4.68. The largest absolute Gasteiger partial charge is 0.416 e. The number of nitriles is 2. The lowest BCUT2D eigenvalue weighted by Gasteiger charge is -2.38. The number of halogens is 3. The van der Waals surface area contributed by atoms with E-state index in [1.54, 1.807) is 0 Å². The highest BCUT2D eigenvalue weighted by atomic mass is 19.4. The number of nitrogens with zero attached hydrogens (tertiary/aromatic N) is 3. The monoisotopic (exact) mass is 553 g/mol. The molecule has 0 aromatic heterocycles. The Morgan fingerprint density at radius 3 is 2.38 bits per heavy atom. The molecule has 0 saturated heterocycles. The zero-order valence-electron chi connectivity index (χ0n) is 21.9. The number of allylic oxidation sites excluding steroid dienone is 2. The van der Waals surface area contributed by atoms with E-state index in [4.69, 9.17) is 10.00 Å². The summed E-state index contributed by atoms with van der Waals surface area (Å²) in [5.74, 6) is -5.07. The molecule has 40 heavy (non-hydrogen) atoms. The summed E-state index contributed by atoms with van der Waals surface area (Å²) in [6.45, 7) is 3.22. The van der Waals surface area contributed by atoms with Crippen molar-refractivity contribution in [1.82, 2.24) is 10.6 Å². The molecule has 0 spiro atoms. The normalized spacial score (nSPS) is 18.0. The molecule has 3 rings (SSSR count). The van der Waals surface area contributed by atoms with E-state index in [1.165, 1.54) is 51.3 Å². The van der Waals surface area contributed by atoms with Gasteiger partial charge in [0.05, 0.1) is 35.4 Å². The summed E-state index contributed by atoms with van der Waals surface area (Å²) >= 11 is 0. The Morgan fingerprint density at radius 1 is 1.12 bits per heavy atom. The highest BCUT2D eigenvalue weighted by molar-refractivity contribution is 6.12. The number of nitrogens with one attached hydrogen (secondary N) is 2. The molecule has 0 bridgehead atoms. The predicted octanol–water partition coefficient (Wildman–Crippen LogP) is 3.39. The van der Waals surface area contributed by atoms with E-state index in [1.807, 2.05) is 12.1 Å². The third kappa shape index (κ3) is 6.30. The van der Waals surface area contributed by atoms with Gasteiger partial charge in [-0.15, -0.1) is 0 Å². The van der Waals surface area contributed by atoms with E-state index in [0.29, 0.717) is 11.1 Å². The zero-order chi connectivity index (χ0) is 29.6. The van der Waals surface area contributed by atoms with Crippen LogP contribution in [-0.4, -0.2) is 44.0 Å². The van der Waals surface area contributed by atoms with Crippen LogP contribution >= 0.6 is 0 Å². The number of alkyl halides is 3. The highest BCUT2D eigenvalue weighted by Gasteiger charge is 2.47. The molecule has 12 heteroatoms. The SMILES string of the molecule is COCCNC(=O)[C@H](C)NC(=O)C1C(=O)N(c2cccc(C(F)(F)F)c2)C(C)=C(C#N)C1c1ccc(C#N)cc1. The number of carbonyl (C=O) groups excluding carboxylic acids is 3. The topological polar surface area (TPSA) is 135 Å². The van der Waals surface area contributed by atoms with Crippen LogP contribution in [0.2, 0.25) is 0 Å². The van der Waals surface area contributed by atoms with Crippen molar-refractivity contribution < 1.29 is 32.3 Å². The van der Waals surface area contributed by atoms with Crippen LogP contribution in [0.1, 0.15) is 36.5 Å². The molecule has 208 valence electrons. The Labute approximate surface area is 228 Å². The lowest BCUT2D eigenvalue weighted by Crippen LogP contribution is -2.53. The first-order valence-electron chi connectivity index (χ1n) is 12.1. The van der Waals surface area contributed by atoms with E-state index in [0.717, 1.165) is 23.1 Å². The minimum atomic E-state index is -4.70.